The molecule has 1 amide bonds. The third-order valence-electron chi connectivity index (χ3n) is 3.92. The number of hydrogen-bond donors (Lipinski definition) is 1. The fraction of sp³-hybridized carbons (Fsp3) is 0.750. The summed E-state index contributed by atoms with van der Waals surface area (Å²) in [6.07, 6.45) is 0. The molecule has 0 saturated carbocycles. The van der Waals surface area contributed by atoms with Gasteiger partial charge in [0.05, 0.1) is 12.1 Å². The SMILES string of the molecule is CCNC(=NCc1noc(C)n1)N1CC(=O)N(C(C)C)C(C)(C)C1.I. The van der Waals surface area contributed by atoms with E-state index in [1.54, 1.807) is 6.92 Å². The summed E-state index contributed by atoms with van der Waals surface area (Å²) in [5.74, 6) is 1.87. The Labute approximate surface area is 166 Å². The summed E-state index contributed by atoms with van der Waals surface area (Å²) in [5.41, 5.74) is -0.261. The maximum absolute atomic E-state index is 12.6. The molecule has 142 valence electrons. The fourth-order valence-corrected chi connectivity index (χ4v) is 3.29. The van der Waals surface area contributed by atoms with Gasteiger partial charge in [-0.1, -0.05) is 5.16 Å². The Bertz CT molecular complexity index is 614. The van der Waals surface area contributed by atoms with Crippen LogP contribution in [-0.2, 0) is 11.3 Å². The van der Waals surface area contributed by atoms with Crippen molar-refractivity contribution in [2.75, 3.05) is 19.6 Å². The number of halogens is 1. The van der Waals surface area contributed by atoms with Crippen molar-refractivity contribution in [2.45, 2.75) is 59.7 Å². The van der Waals surface area contributed by atoms with Gasteiger partial charge in [-0.05, 0) is 34.6 Å². The number of hydrogen-bond acceptors (Lipinski definition) is 5. The Kier molecular flexibility index (Phi) is 7.63. The van der Waals surface area contributed by atoms with Gasteiger partial charge in [0.15, 0.2) is 11.8 Å². The summed E-state index contributed by atoms with van der Waals surface area (Å²) in [4.78, 5) is 25.3. The molecule has 2 rings (SSSR count). The molecule has 1 fully saturated rings. The standard InChI is InChI=1S/C16H28N6O2.HI/c1-7-17-15(18-8-13-19-12(4)24-20-13)21-9-14(23)22(11(2)3)16(5,6)10-21;/h11H,7-10H2,1-6H3,(H,17,18);1H. The Balaban J connectivity index is 0.00000312. The molecule has 8 nitrogen and oxygen atoms in total. The number of aryl methyl sites for hydroxylation is 1. The number of piperazine rings is 1. The van der Waals surface area contributed by atoms with Crippen LogP contribution in [0.2, 0.25) is 0 Å². The molecule has 0 aromatic carbocycles. The molecule has 1 saturated heterocycles. The van der Waals surface area contributed by atoms with Crippen LogP contribution in [0.3, 0.4) is 0 Å². The van der Waals surface area contributed by atoms with Crippen LogP contribution in [0.15, 0.2) is 9.52 Å². The van der Waals surface area contributed by atoms with Crippen molar-refractivity contribution >= 4 is 35.8 Å². The molecular formula is C16H29IN6O2. The molecule has 2 heterocycles. The second-order valence-electron chi connectivity index (χ2n) is 6.93. The highest BCUT2D eigenvalue weighted by Gasteiger charge is 2.40. The number of aliphatic imine (C=N–C) groups is 1. The zero-order chi connectivity index (χ0) is 17.9. The summed E-state index contributed by atoms with van der Waals surface area (Å²) in [5, 5.41) is 7.11. The van der Waals surface area contributed by atoms with E-state index in [4.69, 9.17) is 4.52 Å². The van der Waals surface area contributed by atoms with E-state index in [1.807, 2.05) is 30.6 Å². The van der Waals surface area contributed by atoms with Crippen LogP contribution in [0.5, 0.6) is 0 Å². The Morgan fingerprint density at radius 2 is 2.12 bits per heavy atom. The van der Waals surface area contributed by atoms with Crippen molar-refractivity contribution < 1.29 is 9.32 Å². The van der Waals surface area contributed by atoms with Gasteiger partial charge in [-0.15, -0.1) is 24.0 Å². The Morgan fingerprint density at radius 1 is 1.44 bits per heavy atom. The van der Waals surface area contributed by atoms with Crippen LogP contribution in [0.1, 0.15) is 46.3 Å². The molecule has 0 unspecified atom stereocenters. The zero-order valence-electron chi connectivity index (χ0n) is 15.9. The molecule has 0 bridgehead atoms. The monoisotopic (exact) mass is 464 g/mol. The second kappa shape index (κ2) is 8.81. The number of aromatic nitrogens is 2. The van der Waals surface area contributed by atoms with Crippen molar-refractivity contribution in [1.29, 1.82) is 0 Å². The van der Waals surface area contributed by atoms with Crippen molar-refractivity contribution in [3.63, 3.8) is 0 Å². The summed E-state index contributed by atoms with van der Waals surface area (Å²) in [7, 11) is 0. The van der Waals surface area contributed by atoms with E-state index in [9.17, 15) is 4.79 Å². The summed E-state index contributed by atoms with van der Waals surface area (Å²) in [6, 6.07) is 0.177. The van der Waals surface area contributed by atoms with Gasteiger partial charge < -0.3 is 19.6 Å². The number of nitrogens with one attached hydrogen (secondary N) is 1. The molecule has 9 heteroatoms. The van der Waals surface area contributed by atoms with Gasteiger partial charge in [0.1, 0.15) is 6.54 Å². The van der Waals surface area contributed by atoms with Gasteiger partial charge in [-0.25, -0.2) is 4.99 Å². The van der Waals surface area contributed by atoms with Gasteiger partial charge >= 0.3 is 0 Å². The minimum Gasteiger partial charge on any atom is -0.356 e. The zero-order valence-corrected chi connectivity index (χ0v) is 18.2. The molecule has 1 aliphatic rings. The smallest absolute Gasteiger partial charge is 0.242 e. The normalized spacial score (nSPS) is 17.7. The topological polar surface area (TPSA) is 86.9 Å². The summed E-state index contributed by atoms with van der Waals surface area (Å²) >= 11 is 0. The average molecular weight is 464 g/mol. The number of nitrogens with zero attached hydrogens (tertiary/aromatic N) is 5. The average Bonchev–Trinajstić information content (AvgIpc) is 2.86. The van der Waals surface area contributed by atoms with Crippen molar-refractivity contribution in [3.05, 3.63) is 11.7 Å². The molecule has 0 spiro atoms. The number of carbonyl (C=O) groups is 1. The molecule has 0 atom stereocenters. The molecule has 1 aliphatic heterocycles. The maximum atomic E-state index is 12.6. The first-order chi connectivity index (χ1) is 11.2. The lowest BCUT2D eigenvalue weighted by atomic mass is 9.96. The molecule has 0 aliphatic carbocycles. The number of rotatable bonds is 4. The van der Waals surface area contributed by atoms with Crippen molar-refractivity contribution in [3.8, 4) is 0 Å². The number of carbonyl (C=O) groups excluding carboxylic acids is 1. The molecule has 1 N–H and O–H groups in total. The lowest BCUT2D eigenvalue weighted by molar-refractivity contribution is -0.145. The third kappa shape index (κ3) is 5.29. The predicted octanol–water partition coefficient (Wildman–Crippen LogP) is 1.79. The van der Waals surface area contributed by atoms with Crippen LogP contribution in [0.25, 0.3) is 0 Å². The first-order valence-corrected chi connectivity index (χ1v) is 8.39. The van der Waals surface area contributed by atoms with Gasteiger partial charge in [0, 0.05) is 26.1 Å². The van der Waals surface area contributed by atoms with Crippen molar-refractivity contribution in [2.24, 2.45) is 4.99 Å². The molecule has 0 radical (unpaired) electrons. The number of amides is 1. The molecule has 1 aromatic rings. The quantitative estimate of drug-likeness (QED) is 0.416. The van der Waals surface area contributed by atoms with E-state index in [0.717, 1.165) is 6.54 Å². The maximum Gasteiger partial charge on any atom is 0.242 e. The third-order valence-corrected chi connectivity index (χ3v) is 3.92. The van der Waals surface area contributed by atoms with Crippen LogP contribution in [0, 0.1) is 6.92 Å². The lowest BCUT2D eigenvalue weighted by Gasteiger charge is -2.49. The largest absolute Gasteiger partial charge is 0.356 e. The fourth-order valence-electron chi connectivity index (χ4n) is 3.29. The summed E-state index contributed by atoms with van der Waals surface area (Å²) in [6.45, 7) is 14.1. The van der Waals surface area contributed by atoms with E-state index in [-0.39, 0.29) is 41.5 Å². The van der Waals surface area contributed by atoms with E-state index in [2.05, 4.69) is 34.3 Å². The lowest BCUT2D eigenvalue weighted by Crippen LogP contribution is -2.66. The first-order valence-electron chi connectivity index (χ1n) is 8.39. The van der Waals surface area contributed by atoms with Gasteiger partial charge in [0.2, 0.25) is 11.8 Å². The van der Waals surface area contributed by atoms with Crippen LogP contribution in [-0.4, -0.2) is 63.0 Å². The molecule has 1 aromatic heterocycles. The van der Waals surface area contributed by atoms with Crippen LogP contribution in [0.4, 0.5) is 0 Å². The van der Waals surface area contributed by atoms with Crippen LogP contribution >= 0.6 is 24.0 Å². The Hall–Kier alpha value is -1.39. The predicted molar refractivity (Wildman–Crippen MR) is 107 cm³/mol. The van der Waals surface area contributed by atoms with E-state index >= 15 is 0 Å². The van der Waals surface area contributed by atoms with E-state index < -0.39 is 0 Å². The minimum atomic E-state index is -0.261. The van der Waals surface area contributed by atoms with Gasteiger partial charge in [0.25, 0.3) is 0 Å². The highest BCUT2D eigenvalue weighted by atomic mass is 127. The van der Waals surface area contributed by atoms with Gasteiger partial charge in [-0.3, -0.25) is 4.79 Å². The minimum absolute atomic E-state index is 0. The van der Waals surface area contributed by atoms with E-state index in [0.29, 0.717) is 37.3 Å². The highest BCUT2D eigenvalue weighted by molar-refractivity contribution is 14.0. The van der Waals surface area contributed by atoms with Gasteiger partial charge in [-0.2, -0.15) is 4.98 Å². The molecular weight excluding hydrogens is 435 g/mol. The van der Waals surface area contributed by atoms with Crippen LogP contribution < -0.4 is 5.32 Å². The first kappa shape index (κ1) is 21.7. The Morgan fingerprint density at radius 3 is 2.60 bits per heavy atom. The second-order valence-corrected chi connectivity index (χ2v) is 6.93. The number of guanidine groups is 1. The summed E-state index contributed by atoms with van der Waals surface area (Å²) < 4.78 is 4.97. The van der Waals surface area contributed by atoms with E-state index in [1.165, 1.54) is 0 Å². The molecule has 25 heavy (non-hydrogen) atoms. The van der Waals surface area contributed by atoms with Crippen molar-refractivity contribution in [1.82, 2.24) is 25.3 Å². The highest BCUT2D eigenvalue weighted by Crippen LogP contribution is 2.24.